The van der Waals surface area contributed by atoms with Gasteiger partial charge >= 0.3 is 0 Å². The Bertz CT molecular complexity index is 409. The third-order valence-electron chi connectivity index (χ3n) is 2.34. The van der Waals surface area contributed by atoms with Crippen molar-refractivity contribution < 1.29 is 4.79 Å². The maximum Gasteiger partial charge on any atom is 0.173 e. The van der Waals surface area contributed by atoms with Crippen LogP contribution in [0.5, 0.6) is 0 Å². The first-order valence-corrected chi connectivity index (χ1v) is 6.08. The number of carbonyl (C=O) groups excluding carboxylic acids is 1. The summed E-state index contributed by atoms with van der Waals surface area (Å²) < 4.78 is 0. The summed E-state index contributed by atoms with van der Waals surface area (Å²) in [6.07, 6.45) is 0. The van der Waals surface area contributed by atoms with Crippen molar-refractivity contribution in [3.8, 4) is 5.40 Å². The fourth-order valence-electron chi connectivity index (χ4n) is 1.34. The maximum absolute atomic E-state index is 11.6. The molecule has 0 heterocycles. The van der Waals surface area contributed by atoms with Crippen LogP contribution in [-0.2, 0) is 5.41 Å². The molecule has 0 saturated heterocycles. The Kier molecular flexibility index (Phi) is 4.14. The number of carbonyl (C=O) groups is 1. The molecule has 0 aromatic heterocycles. The molecule has 0 bridgehead atoms. The number of benzene rings is 1. The Morgan fingerprint density at radius 2 is 1.88 bits per heavy atom. The highest BCUT2D eigenvalue weighted by molar-refractivity contribution is 8.04. The van der Waals surface area contributed by atoms with Crippen LogP contribution in [0.2, 0.25) is 0 Å². The van der Waals surface area contributed by atoms with E-state index in [0.717, 1.165) is 11.8 Å². The van der Waals surface area contributed by atoms with Gasteiger partial charge in [-0.25, -0.2) is 0 Å². The van der Waals surface area contributed by atoms with Crippen LogP contribution in [0.4, 0.5) is 0 Å². The van der Waals surface area contributed by atoms with Gasteiger partial charge in [0.25, 0.3) is 0 Å². The van der Waals surface area contributed by atoms with Crippen LogP contribution in [-0.4, -0.2) is 11.5 Å². The van der Waals surface area contributed by atoms with Crippen molar-refractivity contribution in [3.05, 3.63) is 35.4 Å². The second-order valence-electron chi connectivity index (χ2n) is 4.63. The van der Waals surface area contributed by atoms with Gasteiger partial charge in [0, 0.05) is 5.56 Å². The molecule has 0 radical (unpaired) electrons. The van der Waals surface area contributed by atoms with E-state index in [9.17, 15) is 4.79 Å². The van der Waals surface area contributed by atoms with Gasteiger partial charge in [0.15, 0.2) is 5.78 Å². The van der Waals surface area contributed by atoms with E-state index < -0.39 is 0 Å². The Morgan fingerprint density at radius 3 is 2.31 bits per heavy atom. The standard InChI is InChI=1S/C13H15NOS/c1-13(2,3)11-6-4-10(5-7-11)12(15)8-16-9-14/h4-7H,8H2,1-3H3. The molecular formula is C13H15NOS. The smallest absolute Gasteiger partial charge is 0.173 e. The highest BCUT2D eigenvalue weighted by atomic mass is 32.2. The van der Waals surface area contributed by atoms with Gasteiger partial charge in [-0.15, -0.1) is 0 Å². The van der Waals surface area contributed by atoms with E-state index in [-0.39, 0.29) is 17.0 Å². The normalized spacial score (nSPS) is 10.9. The lowest BCUT2D eigenvalue weighted by atomic mass is 9.86. The Balaban J connectivity index is 2.80. The largest absolute Gasteiger partial charge is 0.293 e. The maximum atomic E-state index is 11.6. The van der Waals surface area contributed by atoms with Crippen molar-refractivity contribution in [1.82, 2.24) is 0 Å². The third-order valence-corrected chi connectivity index (χ3v) is 2.88. The van der Waals surface area contributed by atoms with Crippen molar-refractivity contribution in [2.24, 2.45) is 0 Å². The predicted octanol–water partition coefficient (Wildman–Crippen LogP) is 3.38. The minimum absolute atomic E-state index is 0.00649. The molecule has 2 nitrogen and oxygen atoms in total. The Morgan fingerprint density at radius 1 is 1.31 bits per heavy atom. The number of hydrogen-bond acceptors (Lipinski definition) is 3. The number of rotatable bonds is 3. The zero-order valence-corrected chi connectivity index (χ0v) is 10.6. The number of hydrogen-bond donors (Lipinski definition) is 0. The molecule has 0 saturated carbocycles. The van der Waals surface area contributed by atoms with Crippen molar-refractivity contribution in [1.29, 1.82) is 5.26 Å². The van der Waals surface area contributed by atoms with Crippen LogP contribution in [0.15, 0.2) is 24.3 Å². The molecule has 1 aromatic carbocycles. The highest BCUT2D eigenvalue weighted by Crippen LogP contribution is 2.22. The lowest BCUT2D eigenvalue weighted by molar-refractivity contribution is 0.102. The molecule has 0 amide bonds. The third kappa shape index (κ3) is 3.39. The SMILES string of the molecule is CC(C)(C)c1ccc(C(=O)CSC#N)cc1. The summed E-state index contributed by atoms with van der Waals surface area (Å²) in [5.74, 6) is 0.234. The lowest BCUT2D eigenvalue weighted by Gasteiger charge is -2.18. The van der Waals surface area contributed by atoms with Gasteiger partial charge < -0.3 is 0 Å². The minimum atomic E-state index is 0.00649. The highest BCUT2D eigenvalue weighted by Gasteiger charge is 2.14. The van der Waals surface area contributed by atoms with Crippen LogP contribution < -0.4 is 0 Å². The van der Waals surface area contributed by atoms with Gasteiger partial charge in [-0.05, 0) is 22.7 Å². The molecule has 84 valence electrons. The van der Waals surface area contributed by atoms with Crippen LogP contribution in [0.3, 0.4) is 0 Å². The van der Waals surface area contributed by atoms with Crippen molar-refractivity contribution >= 4 is 17.5 Å². The molecule has 1 rings (SSSR count). The summed E-state index contributed by atoms with van der Waals surface area (Å²) in [5.41, 5.74) is 1.98. The minimum Gasteiger partial charge on any atom is -0.293 e. The van der Waals surface area contributed by atoms with Crippen molar-refractivity contribution in [2.45, 2.75) is 26.2 Å². The average molecular weight is 233 g/mol. The summed E-state index contributed by atoms with van der Waals surface area (Å²) in [6, 6.07) is 7.62. The van der Waals surface area contributed by atoms with Gasteiger partial charge in [0.1, 0.15) is 5.40 Å². The van der Waals surface area contributed by atoms with Crippen molar-refractivity contribution in [2.75, 3.05) is 5.75 Å². The molecule has 0 aliphatic rings. The summed E-state index contributed by atoms with van der Waals surface area (Å²) in [4.78, 5) is 11.6. The van der Waals surface area contributed by atoms with Crippen LogP contribution in [0.1, 0.15) is 36.7 Å². The molecule has 0 aliphatic heterocycles. The van der Waals surface area contributed by atoms with E-state index in [2.05, 4.69) is 20.8 Å². The molecule has 3 heteroatoms. The topological polar surface area (TPSA) is 40.9 Å². The van der Waals surface area contributed by atoms with Crippen LogP contribution in [0, 0.1) is 10.7 Å². The summed E-state index contributed by atoms with van der Waals surface area (Å²) >= 11 is 0.977. The number of thioether (sulfide) groups is 1. The van der Waals surface area contributed by atoms with Crippen LogP contribution in [0.25, 0.3) is 0 Å². The van der Waals surface area contributed by atoms with Gasteiger partial charge in [-0.2, -0.15) is 5.26 Å². The summed E-state index contributed by atoms with van der Waals surface area (Å²) in [6.45, 7) is 6.40. The zero-order chi connectivity index (χ0) is 12.2. The van der Waals surface area contributed by atoms with Crippen molar-refractivity contribution in [3.63, 3.8) is 0 Å². The zero-order valence-electron chi connectivity index (χ0n) is 9.78. The number of nitrogens with zero attached hydrogens (tertiary/aromatic N) is 1. The van der Waals surface area contributed by atoms with E-state index in [0.29, 0.717) is 5.56 Å². The first-order chi connectivity index (χ1) is 7.45. The van der Waals surface area contributed by atoms with E-state index in [4.69, 9.17) is 5.26 Å². The number of Topliss-reactive ketones (excluding diaryl/α,β-unsaturated/α-hetero) is 1. The first-order valence-electron chi connectivity index (χ1n) is 5.10. The molecule has 0 fully saturated rings. The van der Waals surface area contributed by atoms with Gasteiger partial charge in [0.2, 0.25) is 0 Å². The van der Waals surface area contributed by atoms with Gasteiger partial charge in [0.05, 0.1) is 5.75 Å². The second kappa shape index (κ2) is 5.18. The summed E-state index contributed by atoms with van der Waals surface area (Å²) in [5, 5.41) is 10.3. The average Bonchev–Trinajstić information content (AvgIpc) is 2.25. The Labute approximate surface area is 101 Å². The van der Waals surface area contributed by atoms with E-state index in [1.807, 2.05) is 29.7 Å². The first kappa shape index (κ1) is 12.8. The number of nitriles is 1. The second-order valence-corrected chi connectivity index (χ2v) is 5.39. The molecule has 0 N–H and O–H groups in total. The predicted molar refractivity (Wildman–Crippen MR) is 67.5 cm³/mol. The molecule has 0 atom stereocenters. The molecule has 0 spiro atoms. The van der Waals surface area contributed by atoms with E-state index in [1.54, 1.807) is 0 Å². The fourth-order valence-corrected chi connectivity index (χ4v) is 1.70. The van der Waals surface area contributed by atoms with Gasteiger partial charge in [-0.1, -0.05) is 45.0 Å². The number of ketones is 1. The molecule has 1 aromatic rings. The summed E-state index contributed by atoms with van der Waals surface area (Å²) in [7, 11) is 0. The fraction of sp³-hybridized carbons (Fsp3) is 0.385. The number of thiocyanates is 1. The van der Waals surface area contributed by atoms with E-state index in [1.165, 1.54) is 5.56 Å². The van der Waals surface area contributed by atoms with E-state index >= 15 is 0 Å². The Hall–Kier alpha value is -1.27. The van der Waals surface area contributed by atoms with Crippen LogP contribution >= 0.6 is 11.8 Å². The monoisotopic (exact) mass is 233 g/mol. The molecular weight excluding hydrogens is 218 g/mol. The lowest BCUT2D eigenvalue weighted by Crippen LogP contribution is -2.11. The van der Waals surface area contributed by atoms with Gasteiger partial charge in [-0.3, -0.25) is 4.79 Å². The molecule has 16 heavy (non-hydrogen) atoms. The quantitative estimate of drug-likeness (QED) is 0.593. The molecule has 0 unspecified atom stereocenters. The molecule has 0 aliphatic carbocycles.